The Morgan fingerprint density at radius 1 is 1.26 bits per heavy atom. The van der Waals surface area contributed by atoms with Crippen LogP contribution in [0.15, 0.2) is 30.3 Å². The van der Waals surface area contributed by atoms with Gasteiger partial charge in [0, 0.05) is 0 Å². The number of carbonyl (C=O) groups excluding carboxylic acids is 2. The van der Waals surface area contributed by atoms with Gasteiger partial charge in [-0.25, -0.2) is 0 Å². The highest BCUT2D eigenvalue weighted by molar-refractivity contribution is 5.78. The Hall–Kier alpha value is -1.84. The van der Waals surface area contributed by atoms with E-state index in [4.69, 9.17) is 11.3 Å². The predicted octanol–water partition coefficient (Wildman–Crippen LogP) is -2.26. The lowest BCUT2D eigenvalue weighted by molar-refractivity contribution is -0.169. The molecule has 8 nitrogen and oxygen atoms in total. The number of aliphatic hydroxyl groups is 4. The smallest absolute Gasteiger partial charge is 0.324 e. The topological polar surface area (TPSA) is 150 Å². The third-order valence-corrected chi connectivity index (χ3v) is 3.22. The van der Waals surface area contributed by atoms with E-state index in [9.17, 15) is 24.9 Å². The molecule has 6 N–H and O–H groups in total. The maximum Gasteiger partial charge on any atom is 0.324 e. The molecule has 0 aromatic heterocycles. The van der Waals surface area contributed by atoms with Gasteiger partial charge in [0.05, 0.1) is 6.61 Å². The van der Waals surface area contributed by atoms with E-state index >= 15 is 0 Å². The zero-order valence-electron chi connectivity index (χ0n) is 13.3. The summed E-state index contributed by atoms with van der Waals surface area (Å²) < 4.78 is 12.0. The molecule has 0 aliphatic heterocycles. The maximum atomic E-state index is 12.0. The molecule has 0 spiro atoms. The van der Waals surface area contributed by atoms with Gasteiger partial charge < -0.3 is 30.9 Å². The summed E-state index contributed by atoms with van der Waals surface area (Å²) in [7, 11) is 0. The zero-order chi connectivity index (χ0) is 18.1. The Bertz CT molecular complexity index is 516. The lowest BCUT2D eigenvalue weighted by Crippen LogP contribution is -2.49. The second-order valence-electron chi connectivity index (χ2n) is 5.01. The van der Waals surface area contributed by atoms with Gasteiger partial charge in [0.15, 0.2) is 12.4 Å². The van der Waals surface area contributed by atoms with E-state index in [1.54, 1.807) is 30.3 Å². The fourth-order valence-electron chi connectivity index (χ4n) is 1.86. The Kier molecular flexibility index (Phi) is 7.11. The molecule has 0 fully saturated rings. The van der Waals surface area contributed by atoms with Crippen molar-refractivity contribution < 1.29 is 36.2 Å². The lowest BCUT2D eigenvalue weighted by Gasteiger charge is -2.26. The number of aldehydes is 1. The summed E-state index contributed by atoms with van der Waals surface area (Å²) in [4.78, 5) is 23.1. The minimum absolute atomic E-state index is 0.0966. The van der Waals surface area contributed by atoms with Crippen molar-refractivity contribution in [2.24, 2.45) is 5.73 Å². The van der Waals surface area contributed by atoms with Gasteiger partial charge in [-0.3, -0.25) is 9.59 Å². The van der Waals surface area contributed by atoms with E-state index in [0.717, 1.165) is 5.56 Å². The number of aliphatic hydroxyl groups excluding tert-OH is 4. The first-order valence-electron chi connectivity index (χ1n) is 7.46. The van der Waals surface area contributed by atoms with Gasteiger partial charge in [-0.05, 0) is 12.0 Å². The van der Waals surface area contributed by atoms with Crippen molar-refractivity contribution in [1.82, 2.24) is 0 Å². The van der Waals surface area contributed by atoms with Crippen LogP contribution in [0.2, 0.25) is 1.41 Å². The number of ether oxygens (including phenoxy) is 1. The summed E-state index contributed by atoms with van der Waals surface area (Å²) in [5.41, 5.74) is 2.76. The molecule has 128 valence electrons. The van der Waals surface area contributed by atoms with E-state index in [0.29, 0.717) is 0 Å². The minimum Gasteiger partial charge on any atom is -0.451 e. The third-order valence-electron chi connectivity index (χ3n) is 3.22. The molecule has 0 saturated carbocycles. The number of hydrogen-bond acceptors (Lipinski definition) is 8. The molecule has 0 radical (unpaired) electrons. The van der Waals surface area contributed by atoms with Crippen LogP contribution in [0.4, 0.5) is 0 Å². The Morgan fingerprint density at radius 3 is 2.43 bits per heavy atom. The van der Waals surface area contributed by atoms with Gasteiger partial charge in [-0.1, -0.05) is 30.3 Å². The van der Waals surface area contributed by atoms with Crippen molar-refractivity contribution in [1.29, 1.82) is 0 Å². The second-order valence-corrected chi connectivity index (χ2v) is 5.01. The molecular weight excluding hydrogens is 306 g/mol. The second kappa shape index (κ2) is 9.33. The quantitative estimate of drug-likeness (QED) is 0.238. The number of nitrogens with two attached hydrogens (primary N) is 1. The zero-order valence-corrected chi connectivity index (χ0v) is 12.3. The van der Waals surface area contributed by atoms with E-state index in [2.05, 4.69) is 0 Å². The lowest BCUT2D eigenvalue weighted by atomic mass is 10.0. The fraction of sp³-hybridized carbons (Fsp3) is 0.467. The van der Waals surface area contributed by atoms with Crippen LogP contribution in [0, 0.1) is 0 Å². The molecule has 0 aliphatic rings. The minimum atomic E-state index is -1.92. The van der Waals surface area contributed by atoms with Crippen LogP contribution in [0.1, 0.15) is 5.56 Å². The number of rotatable bonds is 10. The molecule has 0 amide bonds. The molecule has 0 heterocycles. The predicted molar refractivity (Wildman–Crippen MR) is 79.2 cm³/mol. The summed E-state index contributed by atoms with van der Waals surface area (Å²) in [5, 5.41) is 37.3. The average Bonchev–Trinajstić information content (AvgIpc) is 2.62. The molecule has 0 unspecified atom stereocenters. The van der Waals surface area contributed by atoms with Crippen LogP contribution >= 0.6 is 0 Å². The van der Waals surface area contributed by atoms with E-state index < -0.39 is 43.0 Å². The normalized spacial score (nSPS) is 18.2. The summed E-state index contributed by atoms with van der Waals surface area (Å²) in [5.74, 6) is -0.976. The Balaban J connectivity index is 2.72. The highest BCUT2D eigenvalue weighted by Crippen LogP contribution is 2.09. The fourth-order valence-corrected chi connectivity index (χ4v) is 1.86. The summed E-state index contributed by atoms with van der Waals surface area (Å²) in [6, 6.07) is 7.69. The van der Waals surface area contributed by atoms with E-state index in [-0.39, 0.29) is 12.7 Å². The average molecular weight is 328 g/mol. The SMILES string of the molecule is [2H]N[C@@H](Cc1ccccc1)C(=O)O[C@@H](C=O)[C@@H](O)[C@@H](O)[C@H](O)CO. The highest BCUT2D eigenvalue weighted by Gasteiger charge is 2.34. The molecule has 0 saturated heterocycles. The van der Waals surface area contributed by atoms with Gasteiger partial charge in [0.1, 0.15) is 25.8 Å². The summed E-state index contributed by atoms with van der Waals surface area (Å²) in [6.07, 6.45) is -7.03. The maximum absolute atomic E-state index is 12.0. The van der Waals surface area contributed by atoms with Crippen molar-refractivity contribution in [3.8, 4) is 0 Å². The monoisotopic (exact) mass is 328 g/mol. The van der Waals surface area contributed by atoms with Gasteiger partial charge in [0.25, 0.3) is 0 Å². The molecule has 23 heavy (non-hydrogen) atoms. The number of carbonyl (C=O) groups is 2. The Morgan fingerprint density at radius 2 is 1.91 bits per heavy atom. The van der Waals surface area contributed by atoms with Crippen LogP contribution in [0.3, 0.4) is 0 Å². The van der Waals surface area contributed by atoms with Crippen molar-refractivity contribution in [3.05, 3.63) is 35.9 Å². The first kappa shape index (κ1) is 17.5. The van der Waals surface area contributed by atoms with E-state index in [1.165, 1.54) is 0 Å². The van der Waals surface area contributed by atoms with Crippen LogP contribution in [-0.2, 0) is 20.7 Å². The third kappa shape index (κ3) is 5.70. The number of esters is 1. The molecule has 0 bridgehead atoms. The number of benzene rings is 1. The van der Waals surface area contributed by atoms with Crippen molar-refractivity contribution >= 4 is 12.3 Å². The molecule has 1 aromatic rings. The largest absolute Gasteiger partial charge is 0.451 e. The van der Waals surface area contributed by atoms with Crippen molar-refractivity contribution in [2.75, 3.05) is 6.61 Å². The molecule has 0 aliphatic carbocycles. The standard InChI is InChI=1S/C15H21NO7/c16-10(6-9-4-2-1-3-5-9)15(22)23-12(8-18)14(21)13(20)11(19)7-17/h1-5,8,10-14,17,19-21H,6-7,16H2/t10-,11+,12-,13-,14+/m0/s1/i/hD. The molecular formula is C15H21NO7. The van der Waals surface area contributed by atoms with Crippen LogP contribution in [-0.4, -0.2) is 69.7 Å². The molecule has 1 rings (SSSR count). The number of hydrogen-bond donors (Lipinski definition) is 5. The van der Waals surface area contributed by atoms with Gasteiger partial charge in [0.2, 0.25) is 0 Å². The highest BCUT2D eigenvalue weighted by atomic mass is 16.6. The van der Waals surface area contributed by atoms with E-state index in [1.807, 2.05) is 5.73 Å². The van der Waals surface area contributed by atoms with Gasteiger partial charge in [-0.2, -0.15) is 0 Å². The molecule has 1 aromatic carbocycles. The van der Waals surface area contributed by atoms with Crippen LogP contribution in [0.5, 0.6) is 0 Å². The van der Waals surface area contributed by atoms with Gasteiger partial charge in [-0.15, -0.1) is 0 Å². The van der Waals surface area contributed by atoms with Gasteiger partial charge >= 0.3 is 5.97 Å². The molecule has 8 heteroatoms. The molecule has 5 atom stereocenters. The van der Waals surface area contributed by atoms with Crippen LogP contribution < -0.4 is 5.73 Å². The van der Waals surface area contributed by atoms with Crippen molar-refractivity contribution in [2.45, 2.75) is 36.9 Å². The first-order chi connectivity index (χ1) is 11.4. The summed E-state index contributed by atoms with van der Waals surface area (Å²) >= 11 is 0. The summed E-state index contributed by atoms with van der Waals surface area (Å²) in [6.45, 7) is -0.845. The first-order valence-corrected chi connectivity index (χ1v) is 6.96. The van der Waals surface area contributed by atoms with Crippen molar-refractivity contribution in [3.63, 3.8) is 0 Å². The van der Waals surface area contributed by atoms with Crippen LogP contribution in [0.25, 0.3) is 0 Å². The Labute approximate surface area is 134 Å².